The molecule has 0 saturated carbocycles. The Morgan fingerprint density at radius 2 is 1.59 bits per heavy atom. The van der Waals surface area contributed by atoms with Crippen LogP contribution in [0.1, 0.15) is 32.8 Å². The van der Waals surface area contributed by atoms with Crippen LogP contribution >= 0.6 is 0 Å². The van der Waals surface area contributed by atoms with E-state index in [4.69, 9.17) is 4.74 Å². The van der Waals surface area contributed by atoms with Crippen LogP contribution in [0.4, 0.5) is 0 Å². The number of H-pyrrole nitrogens is 1. The van der Waals surface area contributed by atoms with Gasteiger partial charge in [0.05, 0.1) is 12.2 Å². The average Bonchev–Trinajstić information content (AvgIpc) is 3.14. The minimum atomic E-state index is -1.94. The second-order valence-electron chi connectivity index (χ2n) is 10.00. The molecular weight excluding hydrogens is 448 g/mol. The van der Waals surface area contributed by atoms with Crippen LogP contribution in [0.15, 0.2) is 76.4 Å². The van der Waals surface area contributed by atoms with Gasteiger partial charge < -0.3 is 14.9 Å². The van der Waals surface area contributed by atoms with E-state index in [1.165, 1.54) is 10.8 Å². The van der Waals surface area contributed by atoms with Crippen LogP contribution < -0.4 is 21.6 Å². The highest BCUT2D eigenvalue weighted by Gasteiger charge is 2.57. The normalized spacial score (nSPS) is 23.9. The Morgan fingerprint density at radius 1 is 1.06 bits per heavy atom. The molecule has 1 aliphatic heterocycles. The first-order valence-corrected chi connectivity index (χ1v) is 12.9. The van der Waals surface area contributed by atoms with E-state index < -0.39 is 49.1 Å². The highest BCUT2D eigenvalue weighted by molar-refractivity contribution is 6.86. The number of aryl methyl sites for hydroxylation is 1. The van der Waals surface area contributed by atoms with E-state index in [0.717, 1.165) is 10.4 Å². The summed E-state index contributed by atoms with van der Waals surface area (Å²) in [4.78, 5) is 27.8. The van der Waals surface area contributed by atoms with Gasteiger partial charge in [0.25, 0.3) is 5.56 Å². The summed E-state index contributed by atoms with van der Waals surface area (Å²) < 4.78 is 8.10. The Bertz CT molecular complexity index is 1210. The van der Waals surface area contributed by atoms with Gasteiger partial charge >= 0.3 is 5.69 Å². The Kier molecular flexibility index (Phi) is 6.52. The molecule has 0 aliphatic carbocycles. The van der Waals surface area contributed by atoms with E-state index in [-0.39, 0.29) is 6.42 Å². The van der Waals surface area contributed by atoms with Crippen LogP contribution in [-0.2, 0) is 10.1 Å². The van der Waals surface area contributed by atoms with E-state index in [1.54, 1.807) is 6.92 Å². The largest absolute Gasteiger partial charge is 0.390 e. The zero-order valence-electron chi connectivity index (χ0n) is 19.9. The number of rotatable bonds is 5. The van der Waals surface area contributed by atoms with Crippen LogP contribution in [0, 0.1) is 12.3 Å². The van der Waals surface area contributed by atoms with Crippen LogP contribution in [-0.4, -0.2) is 46.9 Å². The van der Waals surface area contributed by atoms with Crippen LogP contribution in [0.25, 0.3) is 0 Å². The number of benzene rings is 2. The van der Waals surface area contributed by atoms with Crippen molar-refractivity contribution in [2.24, 2.45) is 5.41 Å². The highest BCUT2D eigenvalue weighted by atomic mass is 28.3. The topological polar surface area (TPSA) is 105 Å². The number of hydrogen-bond acceptors (Lipinski definition) is 5. The van der Waals surface area contributed by atoms with Crippen molar-refractivity contribution in [1.82, 2.24) is 9.55 Å². The molecule has 1 aliphatic rings. The minimum Gasteiger partial charge on any atom is -0.390 e. The van der Waals surface area contributed by atoms with Crippen LogP contribution in [0.3, 0.4) is 0 Å². The van der Waals surface area contributed by atoms with Crippen LogP contribution in [0.5, 0.6) is 0 Å². The van der Waals surface area contributed by atoms with Crippen molar-refractivity contribution in [3.63, 3.8) is 0 Å². The average molecular weight is 480 g/mol. The third kappa shape index (κ3) is 4.34. The molecule has 4 atom stereocenters. The fourth-order valence-electron chi connectivity index (χ4n) is 4.62. The number of aromatic nitrogens is 2. The molecule has 34 heavy (non-hydrogen) atoms. The molecule has 7 nitrogen and oxygen atoms in total. The van der Waals surface area contributed by atoms with Gasteiger partial charge in [0.2, 0.25) is 0 Å². The predicted octanol–water partition coefficient (Wildman–Crippen LogP) is 0.903. The summed E-state index contributed by atoms with van der Waals surface area (Å²) in [5.41, 5.74) is -1.27. The van der Waals surface area contributed by atoms with E-state index in [0.29, 0.717) is 5.56 Å². The molecule has 0 bridgehead atoms. The van der Waals surface area contributed by atoms with E-state index in [9.17, 15) is 19.8 Å². The predicted molar refractivity (Wildman–Crippen MR) is 133 cm³/mol. The number of nitrogens with one attached hydrogen (secondary N) is 1. The molecule has 4 rings (SSSR count). The maximum Gasteiger partial charge on any atom is 0.330 e. The van der Waals surface area contributed by atoms with Gasteiger partial charge in [-0.2, -0.15) is 0 Å². The molecular formula is C26H31N2O5Si. The number of aliphatic hydroxyl groups excluding tert-OH is 2. The van der Waals surface area contributed by atoms with Crippen molar-refractivity contribution >= 4 is 19.2 Å². The van der Waals surface area contributed by atoms with Crippen molar-refractivity contribution in [3.05, 3.63) is 93.3 Å². The smallest absolute Gasteiger partial charge is 0.330 e. The molecule has 8 heteroatoms. The molecule has 1 radical (unpaired) electrons. The number of ether oxygens (including phenoxy) is 1. The fraction of sp³-hybridized carbons (Fsp3) is 0.385. The standard InChI is InChI=1S/C26H31N2O5Si/c1-17-16-28(24(32)27-23(17)31)26(15-20(29)21(33-26)22(30)25(2,3)4)34(18-11-7-5-8-12-18)19-13-9-6-10-14-19/h5-14,16,20-22,29-30H,15H2,1-4H3,(H,27,31,32)/t20-,21-,22?,26-/m0/s1. The summed E-state index contributed by atoms with van der Waals surface area (Å²) >= 11 is 0. The van der Waals surface area contributed by atoms with Gasteiger partial charge in [-0.1, -0.05) is 91.8 Å². The molecule has 1 unspecified atom stereocenters. The fourth-order valence-corrected chi connectivity index (χ4v) is 7.98. The zero-order valence-corrected chi connectivity index (χ0v) is 20.9. The van der Waals surface area contributed by atoms with E-state index in [1.807, 2.05) is 81.4 Å². The number of aliphatic hydroxyl groups is 2. The number of hydrogen-bond donors (Lipinski definition) is 3. The molecule has 2 aromatic carbocycles. The summed E-state index contributed by atoms with van der Waals surface area (Å²) in [5.74, 6) is 0. The second-order valence-corrected chi connectivity index (χ2v) is 12.7. The Labute approximate surface area is 200 Å². The zero-order chi connectivity index (χ0) is 24.7. The molecule has 3 N–H and O–H groups in total. The monoisotopic (exact) mass is 479 g/mol. The molecule has 3 aromatic rings. The van der Waals surface area contributed by atoms with Crippen molar-refractivity contribution in [2.75, 3.05) is 0 Å². The first-order chi connectivity index (χ1) is 16.0. The number of nitrogens with zero attached hydrogens (tertiary/aromatic N) is 1. The van der Waals surface area contributed by atoms with Crippen molar-refractivity contribution in [1.29, 1.82) is 0 Å². The van der Waals surface area contributed by atoms with Gasteiger partial charge in [-0.15, -0.1) is 0 Å². The molecule has 0 amide bonds. The summed E-state index contributed by atoms with van der Waals surface area (Å²) in [5, 5.41) is 23.0. The SMILES string of the molecule is Cc1cn([C@@]2([Si](c3ccccc3)c3ccccc3)C[C@H](O)[C@@H](C(O)C(C)(C)C)O2)c(=O)[nH]c1=O. The lowest BCUT2D eigenvalue weighted by atomic mass is 9.84. The van der Waals surface area contributed by atoms with E-state index in [2.05, 4.69) is 4.98 Å². The first-order valence-electron chi connectivity index (χ1n) is 11.4. The Morgan fingerprint density at radius 3 is 2.09 bits per heavy atom. The molecule has 179 valence electrons. The molecule has 2 heterocycles. The van der Waals surface area contributed by atoms with Gasteiger partial charge in [-0.25, -0.2) is 4.79 Å². The van der Waals surface area contributed by atoms with Crippen molar-refractivity contribution in [3.8, 4) is 0 Å². The van der Waals surface area contributed by atoms with Gasteiger partial charge in [-0.05, 0) is 12.3 Å². The summed E-state index contributed by atoms with van der Waals surface area (Å²) in [6.07, 6.45) is -1.30. The Hall–Kier alpha value is -2.78. The lowest BCUT2D eigenvalue weighted by Crippen LogP contribution is -2.64. The van der Waals surface area contributed by atoms with Gasteiger partial charge in [0, 0.05) is 18.2 Å². The summed E-state index contributed by atoms with van der Waals surface area (Å²) in [7, 11) is -1.94. The van der Waals surface area contributed by atoms with Gasteiger partial charge in [-0.3, -0.25) is 14.3 Å². The summed E-state index contributed by atoms with van der Waals surface area (Å²) in [6, 6.07) is 19.6. The minimum absolute atomic E-state index is 0.0915. The second kappa shape index (κ2) is 9.11. The highest BCUT2D eigenvalue weighted by Crippen LogP contribution is 2.41. The van der Waals surface area contributed by atoms with Crippen LogP contribution in [0.2, 0.25) is 0 Å². The Balaban J connectivity index is 2.01. The molecule has 1 fully saturated rings. The maximum atomic E-state index is 13.2. The quantitative estimate of drug-likeness (QED) is 0.472. The maximum absolute atomic E-state index is 13.2. The van der Waals surface area contributed by atoms with Crippen molar-refractivity contribution < 1.29 is 14.9 Å². The molecule has 1 saturated heterocycles. The summed E-state index contributed by atoms with van der Waals surface area (Å²) in [6.45, 7) is 7.27. The lowest BCUT2D eigenvalue weighted by Gasteiger charge is -2.39. The third-order valence-electron chi connectivity index (χ3n) is 6.42. The third-order valence-corrected chi connectivity index (χ3v) is 9.59. The first kappa shape index (κ1) is 24.3. The van der Waals surface area contributed by atoms with Gasteiger partial charge in [0.1, 0.15) is 11.5 Å². The van der Waals surface area contributed by atoms with E-state index >= 15 is 0 Å². The number of aromatic amines is 1. The lowest BCUT2D eigenvalue weighted by molar-refractivity contribution is -0.131. The van der Waals surface area contributed by atoms with Crippen molar-refractivity contribution in [2.45, 2.75) is 57.8 Å². The molecule has 1 aromatic heterocycles. The molecule has 0 spiro atoms. The van der Waals surface area contributed by atoms with Gasteiger partial charge in [0.15, 0.2) is 8.80 Å².